The molecule has 1 aliphatic heterocycles. The first-order chi connectivity index (χ1) is 8.20. The van der Waals surface area contributed by atoms with Crippen LogP contribution >= 0.6 is 0 Å². The quantitative estimate of drug-likeness (QED) is 0.796. The molecule has 5 nitrogen and oxygen atoms in total. The highest BCUT2D eigenvalue weighted by molar-refractivity contribution is 5.89. The van der Waals surface area contributed by atoms with Crippen molar-refractivity contribution in [1.29, 1.82) is 5.26 Å². The molecule has 1 aromatic carbocycles. The number of nitriles is 1. The van der Waals surface area contributed by atoms with Crippen LogP contribution in [0.1, 0.15) is 5.56 Å². The van der Waals surface area contributed by atoms with Crippen LogP contribution in [0.2, 0.25) is 0 Å². The molecule has 0 atom stereocenters. The molecule has 17 heavy (non-hydrogen) atoms. The Morgan fingerprint density at radius 2 is 2.12 bits per heavy atom. The van der Waals surface area contributed by atoms with E-state index < -0.39 is 0 Å². The molecule has 0 aliphatic carbocycles. The van der Waals surface area contributed by atoms with Gasteiger partial charge in [0.25, 0.3) is 0 Å². The highest BCUT2D eigenvalue weighted by Crippen LogP contribution is 2.11. The van der Waals surface area contributed by atoms with Crippen LogP contribution in [-0.4, -0.2) is 37.1 Å². The highest BCUT2D eigenvalue weighted by atomic mass is 16.2. The summed E-state index contributed by atoms with van der Waals surface area (Å²) in [5.74, 6) is 0. The van der Waals surface area contributed by atoms with Crippen molar-refractivity contribution in [2.45, 2.75) is 6.04 Å². The molecule has 1 saturated heterocycles. The smallest absolute Gasteiger partial charge is 0.321 e. The molecular formula is C12H14N4O. The van der Waals surface area contributed by atoms with E-state index in [1.54, 1.807) is 36.2 Å². The van der Waals surface area contributed by atoms with Gasteiger partial charge in [0.15, 0.2) is 0 Å². The lowest BCUT2D eigenvalue weighted by Crippen LogP contribution is -2.58. The van der Waals surface area contributed by atoms with Crippen molar-refractivity contribution in [1.82, 2.24) is 10.2 Å². The lowest BCUT2D eigenvalue weighted by molar-refractivity contribution is 0.180. The number of amides is 2. The molecule has 1 fully saturated rings. The molecule has 2 N–H and O–H groups in total. The number of hydrogen-bond acceptors (Lipinski definition) is 3. The molecule has 2 rings (SSSR count). The third-order valence-electron chi connectivity index (χ3n) is 2.89. The van der Waals surface area contributed by atoms with Crippen molar-refractivity contribution in [2.75, 3.05) is 25.5 Å². The lowest BCUT2D eigenvalue weighted by atomic mass is 10.1. The Bertz CT molecular complexity index is 445. The first-order valence-corrected chi connectivity index (χ1v) is 5.45. The maximum Gasteiger partial charge on any atom is 0.321 e. The topological polar surface area (TPSA) is 68.2 Å². The Hall–Kier alpha value is -2.06. The number of anilines is 1. The average molecular weight is 230 g/mol. The van der Waals surface area contributed by atoms with Crippen LogP contribution in [0.4, 0.5) is 10.5 Å². The molecule has 2 amide bonds. The number of nitrogens with zero attached hydrogens (tertiary/aromatic N) is 2. The summed E-state index contributed by atoms with van der Waals surface area (Å²) < 4.78 is 0. The van der Waals surface area contributed by atoms with Gasteiger partial charge in [0.2, 0.25) is 0 Å². The van der Waals surface area contributed by atoms with E-state index in [0.29, 0.717) is 11.3 Å². The fourth-order valence-corrected chi connectivity index (χ4v) is 1.55. The largest absolute Gasteiger partial charge is 0.322 e. The molecule has 0 spiro atoms. The van der Waals surface area contributed by atoms with Gasteiger partial charge < -0.3 is 15.5 Å². The summed E-state index contributed by atoms with van der Waals surface area (Å²) in [6.07, 6.45) is 0. The third kappa shape index (κ3) is 2.55. The standard InChI is InChI=1S/C12H14N4O/c1-16(11-7-14-8-11)12(17)15-10-4-2-9(6-13)3-5-10/h2-5,11,14H,7-8H2,1H3,(H,15,17). The monoisotopic (exact) mass is 230 g/mol. The van der Waals surface area contributed by atoms with Crippen LogP contribution < -0.4 is 10.6 Å². The van der Waals surface area contributed by atoms with Crippen molar-refractivity contribution in [2.24, 2.45) is 0 Å². The van der Waals surface area contributed by atoms with Gasteiger partial charge >= 0.3 is 6.03 Å². The minimum absolute atomic E-state index is 0.124. The first kappa shape index (κ1) is 11.4. The predicted octanol–water partition coefficient (Wildman–Crippen LogP) is 0.994. The van der Waals surface area contributed by atoms with E-state index in [2.05, 4.69) is 10.6 Å². The summed E-state index contributed by atoms with van der Waals surface area (Å²) in [4.78, 5) is 13.5. The number of hydrogen-bond donors (Lipinski definition) is 2. The Labute approximate surface area is 100 Å². The molecule has 5 heteroatoms. The van der Waals surface area contributed by atoms with Gasteiger partial charge in [0, 0.05) is 25.8 Å². The molecule has 0 bridgehead atoms. The number of nitrogens with one attached hydrogen (secondary N) is 2. The molecular weight excluding hydrogens is 216 g/mol. The number of carbonyl (C=O) groups is 1. The van der Waals surface area contributed by atoms with Gasteiger partial charge in [-0.05, 0) is 24.3 Å². The van der Waals surface area contributed by atoms with Crippen molar-refractivity contribution in [3.8, 4) is 6.07 Å². The van der Waals surface area contributed by atoms with Gasteiger partial charge in [-0.2, -0.15) is 5.26 Å². The van der Waals surface area contributed by atoms with Crippen LogP contribution in [0.5, 0.6) is 0 Å². The fraction of sp³-hybridized carbons (Fsp3) is 0.333. The summed E-state index contributed by atoms with van der Waals surface area (Å²) >= 11 is 0. The Balaban J connectivity index is 1.95. The predicted molar refractivity (Wildman–Crippen MR) is 64.6 cm³/mol. The number of likely N-dealkylation sites (N-methyl/N-ethyl adjacent to an activating group) is 1. The number of urea groups is 1. The van der Waals surface area contributed by atoms with Crippen LogP contribution in [0, 0.1) is 11.3 Å². The van der Waals surface area contributed by atoms with Gasteiger partial charge in [-0.3, -0.25) is 0 Å². The SMILES string of the molecule is CN(C(=O)Nc1ccc(C#N)cc1)C1CNC1. The zero-order chi connectivity index (χ0) is 12.3. The van der Waals surface area contributed by atoms with E-state index >= 15 is 0 Å². The van der Waals surface area contributed by atoms with Crippen LogP contribution in [-0.2, 0) is 0 Å². The summed E-state index contributed by atoms with van der Waals surface area (Å²) in [7, 11) is 1.78. The second-order valence-corrected chi connectivity index (χ2v) is 4.04. The second-order valence-electron chi connectivity index (χ2n) is 4.04. The molecule has 1 heterocycles. The highest BCUT2D eigenvalue weighted by Gasteiger charge is 2.25. The third-order valence-corrected chi connectivity index (χ3v) is 2.89. The van der Waals surface area contributed by atoms with Crippen LogP contribution in [0.15, 0.2) is 24.3 Å². The molecule has 0 saturated carbocycles. The van der Waals surface area contributed by atoms with Crippen molar-refractivity contribution in [3.63, 3.8) is 0 Å². The van der Waals surface area contributed by atoms with Gasteiger partial charge in [0.05, 0.1) is 17.7 Å². The van der Waals surface area contributed by atoms with E-state index in [1.165, 1.54) is 0 Å². The fourth-order valence-electron chi connectivity index (χ4n) is 1.55. The number of benzene rings is 1. The minimum Gasteiger partial charge on any atom is -0.322 e. The maximum atomic E-state index is 11.8. The zero-order valence-electron chi connectivity index (χ0n) is 9.60. The number of carbonyl (C=O) groups excluding carboxylic acids is 1. The van der Waals surface area contributed by atoms with E-state index in [0.717, 1.165) is 13.1 Å². The normalized spacial score (nSPS) is 14.6. The van der Waals surface area contributed by atoms with Crippen molar-refractivity contribution in [3.05, 3.63) is 29.8 Å². The minimum atomic E-state index is -0.124. The van der Waals surface area contributed by atoms with Crippen LogP contribution in [0.3, 0.4) is 0 Å². The molecule has 1 aliphatic rings. The zero-order valence-corrected chi connectivity index (χ0v) is 9.60. The van der Waals surface area contributed by atoms with E-state index in [-0.39, 0.29) is 12.1 Å². The second kappa shape index (κ2) is 4.85. The van der Waals surface area contributed by atoms with E-state index in [9.17, 15) is 4.79 Å². The van der Waals surface area contributed by atoms with Gasteiger partial charge in [-0.15, -0.1) is 0 Å². The molecule has 0 radical (unpaired) electrons. The maximum absolute atomic E-state index is 11.8. The van der Waals surface area contributed by atoms with E-state index in [1.807, 2.05) is 6.07 Å². The molecule has 88 valence electrons. The van der Waals surface area contributed by atoms with Gasteiger partial charge in [0.1, 0.15) is 0 Å². The van der Waals surface area contributed by atoms with Gasteiger partial charge in [-0.25, -0.2) is 4.79 Å². The number of rotatable bonds is 2. The Morgan fingerprint density at radius 3 is 2.59 bits per heavy atom. The molecule has 1 aromatic rings. The van der Waals surface area contributed by atoms with Crippen LogP contribution in [0.25, 0.3) is 0 Å². The van der Waals surface area contributed by atoms with Crippen molar-refractivity contribution < 1.29 is 4.79 Å². The van der Waals surface area contributed by atoms with Crippen molar-refractivity contribution >= 4 is 11.7 Å². The summed E-state index contributed by atoms with van der Waals surface area (Å²) in [6.45, 7) is 1.69. The summed E-state index contributed by atoms with van der Waals surface area (Å²) in [5, 5.41) is 14.6. The summed E-state index contributed by atoms with van der Waals surface area (Å²) in [5.41, 5.74) is 1.28. The molecule has 0 unspecified atom stereocenters. The van der Waals surface area contributed by atoms with Gasteiger partial charge in [-0.1, -0.05) is 0 Å². The Kier molecular flexibility index (Phi) is 3.26. The lowest BCUT2D eigenvalue weighted by Gasteiger charge is -2.35. The average Bonchev–Trinajstić information content (AvgIpc) is 2.27. The van der Waals surface area contributed by atoms with E-state index in [4.69, 9.17) is 5.26 Å². The Morgan fingerprint density at radius 1 is 1.47 bits per heavy atom. The first-order valence-electron chi connectivity index (χ1n) is 5.45. The summed E-state index contributed by atoms with van der Waals surface area (Å²) in [6, 6.07) is 9.00. The molecule has 0 aromatic heterocycles.